The lowest BCUT2D eigenvalue weighted by molar-refractivity contribution is -0.152. The molecule has 176 valence electrons. The number of nitrogens with zero attached hydrogens (tertiary/aromatic N) is 2. The minimum Gasteiger partial charge on any atom is -0.366 e. The summed E-state index contributed by atoms with van der Waals surface area (Å²) in [5.41, 5.74) is -1.59. The molecule has 32 heavy (non-hydrogen) atoms. The number of amides is 2. The topological polar surface area (TPSA) is 77.9 Å². The van der Waals surface area contributed by atoms with Gasteiger partial charge in [0.25, 0.3) is 5.91 Å². The minimum atomic E-state index is -1.68. The zero-order chi connectivity index (χ0) is 23.0. The first-order valence-electron chi connectivity index (χ1n) is 12.6. The third-order valence-corrected chi connectivity index (χ3v) is 8.15. The van der Waals surface area contributed by atoms with Gasteiger partial charge in [-0.2, -0.15) is 0 Å². The second kappa shape index (κ2) is 9.12. The van der Waals surface area contributed by atoms with Gasteiger partial charge in [-0.25, -0.2) is 0 Å². The highest BCUT2D eigenvalue weighted by atomic mass is 16.3. The summed E-state index contributed by atoms with van der Waals surface area (Å²) in [4.78, 5) is 43.4. The Labute approximate surface area is 191 Å². The summed E-state index contributed by atoms with van der Waals surface area (Å²) in [6, 6.07) is 0. The van der Waals surface area contributed by atoms with Gasteiger partial charge in [0.15, 0.2) is 11.5 Å². The van der Waals surface area contributed by atoms with Crippen molar-refractivity contribution >= 4 is 17.6 Å². The summed E-state index contributed by atoms with van der Waals surface area (Å²) < 4.78 is 0. The lowest BCUT2D eigenvalue weighted by Gasteiger charge is -2.40. The van der Waals surface area contributed by atoms with Gasteiger partial charge in [0.1, 0.15) is 0 Å². The lowest BCUT2D eigenvalue weighted by Crippen LogP contribution is -2.51. The summed E-state index contributed by atoms with van der Waals surface area (Å²) in [6.45, 7) is 7.69. The Bertz CT molecular complexity index is 828. The second-order valence-corrected chi connectivity index (χ2v) is 10.2. The van der Waals surface area contributed by atoms with Crippen LogP contribution in [0.25, 0.3) is 0 Å². The van der Waals surface area contributed by atoms with Crippen molar-refractivity contribution in [1.82, 2.24) is 9.80 Å². The molecule has 0 aromatic heterocycles. The highest BCUT2D eigenvalue weighted by molar-refractivity contribution is 6.22. The van der Waals surface area contributed by atoms with E-state index in [9.17, 15) is 19.5 Å². The third kappa shape index (κ3) is 3.74. The number of allylic oxidation sites excluding steroid dienone is 2. The van der Waals surface area contributed by atoms with Crippen LogP contribution in [0.3, 0.4) is 0 Å². The Morgan fingerprint density at radius 2 is 1.81 bits per heavy atom. The summed E-state index contributed by atoms with van der Waals surface area (Å²) >= 11 is 0. The van der Waals surface area contributed by atoms with Gasteiger partial charge in [-0.15, -0.1) is 0 Å². The SMILES string of the molecule is CCCN(CCC)C(=O)[C@@H]1CCN2C(=O)C(C(=O)C3[C@H]4CCCC[C@@H]4C=C[C@@H]3C)=C[C@]12O. The molecular formula is C26H38N2O4. The first kappa shape index (κ1) is 23.2. The van der Waals surface area contributed by atoms with Gasteiger partial charge in [-0.05, 0) is 55.9 Å². The average Bonchev–Trinajstić information content (AvgIpc) is 3.25. The van der Waals surface area contributed by atoms with E-state index in [0.717, 1.165) is 32.1 Å². The zero-order valence-electron chi connectivity index (χ0n) is 19.8. The quantitative estimate of drug-likeness (QED) is 0.485. The van der Waals surface area contributed by atoms with E-state index in [-0.39, 0.29) is 35.0 Å². The van der Waals surface area contributed by atoms with Gasteiger partial charge >= 0.3 is 0 Å². The van der Waals surface area contributed by atoms with Crippen LogP contribution in [0, 0.1) is 29.6 Å². The van der Waals surface area contributed by atoms with Crippen molar-refractivity contribution in [3.63, 3.8) is 0 Å². The largest absolute Gasteiger partial charge is 0.366 e. The molecule has 4 aliphatic rings. The van der Waals surface area contributed by atoms with Crippen LogP contribution in [0.1, 0.15) is 65.7 Å². The number of carbonyl (C=O) groups is 3. The van der Waals surface area contributed by atoms with Crippen molar-refractivity contribution in [3.05, 3.63) is 23.8 Å². The molecular weight excluding hydrogens is 404 g/mol. The molecule has 1 saturated carbocycles. The number of hydrogen-bond acceptors (Lipinski definition) is 4. The van der Waals surface area contributed by atoms with Crippen molar-refractivity contribution in [2.24, 2.45) is 29.6 Å². The fraction of sp³-hybridized carbons (Fsp3) is 0.731. The van der Waals surface area contributed by atoms with Gasteiger partial charge in [-0.3, -0.25) is 14.4 Å². The van der Waals surface area contributed by atoms with E-state index in [1.165, 1.54) is 17.4 Å². The van der Waals surface area contributed by atoms with Crippen LogP contribution in [0.15, 0.2) is 23.8 Å². The average molecular weight is 443 g/mol. The molecule has 2 aliphatic carbocycles. The van der Waals surface area contributed by atoms with E-state index in [4.69, 9.17) is 0 Å². The van der Waals surface area contributed by atoms with Gasteiger partial charge in [0.2, 0.25) is 5.91 Å². The number of fused-ring (bicyclic) bond motifs is 2. The molecule has 2 aliphatic heterocycles. The molecule has 2 heterocycles. The fourth-order valence-electron chi connectivity index (χ4n) is 6.59. The van der Waals surface area contributed by atoms with Gasteiger partial charge in [-0.1, -0.05) is 45.8 Å². The molecule has 0 aromatic carbocycles. The molecule has 0 spiro atoms. The van der Waals surface area contributed by atoms with Crippen LogP contribution >= 0.6 is 0 Å². The van der Waals surface area contributed by atoms with E-state index in [2.05, 4.69) is 19.1 Å². The number of hydrogen-bond donors (Lipinski definition) is 1. The van der Waals surface area contributed by atoms with Crippen LogP contribution < -0.4 is 0 Å². The molecule has 0 radical (unpaired) electrons. The normalized spacial score (nSPS) is 36.0. The number of ketones is 1. The van der Waals surface area contributed by atoms with Crippen LogP contribution in [-0.2, 0) is 14.4 Å². The highest BCUT2D eigenvalue weighted by Crippen LogP contribution is 2.47. The van der Waals surface area contributed by atoms with E-state index in [1.54, 1.807) is 4.90 Å². The predicted octanol–water partition coefficient (Wildman–Crippen LogP) is 3.31. The number of carbonyl (C=O) groups excluding carboxylic acids is 3. The standard InChI is InChI=1S/C26H38N2O4/c1-4-13-27(14-5-2)25(31)21-12-15-28-24(30)20(16-26(21,28)32)23(29)22-17(3)10-11-18-8-6-7-9-19(18)22/h10-11,16-19,21-22,32H,4-9,12-15H2,1-3H3/t17-,18+,19-,21-,22?,26-/m0/s1. The van der Waals surface area contributed by atoms with Gasteiger partial charge in [0.05, 0.1) is 11.5 Å². The molecule has 2 amide bonds. The maximum Gasteiger partial charge on any atom is 0.259 e. The summed E-state index contributed by atoms with van der Waals surface area (Å²) in [7, 11) is 0. The minimum absolute atomic E-state index is 0.0719. The molecule has 2 fully saturated rings. The Kier molecular flexibility index (Phi) is 6.62. The van der Waals surface area contributed by atoms with Crippen molar-refractivity contribution in [2.75, 3.05) is 19.6 Å². The number of rotatable bonds is 7. The van der Waals surface area contributed by atoms with Crippen LogP contribution in [0.5, 0.6) is 0 Å². The molecule has 1 N–H and O–H groups in total. The monoisotopic (exact) mass is 442 g/mol. The van der Waals surface area contributed by atoms with Crippen molar-refractivity contribution in [3.8, 4) is 0 Å². The van der Waals surface area contributed by atoms with Crippen LogP contribution in [-0.4, -0.2) is 57.9 Å². The molecule has 4 rings (SSSR count). The molecule has 6 atom stereocenters. The maximum atomic E-state index is 13.7. The molecule has 6 nitrogen and oxygen atoms in total. The maximum absolute atomic E-state index is 13.7. The molecule has 1 unspecified atom stereocenters. The number of Topliss-reactive ketones (excluding diaryl/α,β-unsaturated/α-hetero) is 1. The van der Waals surface area contributed by atoms with Crippen molar-refractivity contribution < 1.29 is 19.5 Å². The lowest BCUT2D eigenvalue weighted by atomic mass is 9.63. The van der Waals surface area contributed by atoms with Crippen molar-refractivity contribution in [2.45, 2.75) is 71.4 Å². The van der Waals surface area contributed by atoms with Gasteiger partial charge in [0, 0.05) is 25.6 Å². The zero-order valence-corrected chi connectivity index (χ0v) is 19.8. The first-order valence-corrected chi connectivity index (χ1v) is 12.6. The third-order valence-electron chi connectivity index (χ3n) is 8.15. The predicted molar refractivity (Wildman–Crippen MR) is 122 cm³/mol. The van der Waals surface area contributed by atoms with Crippen molar-refractivity contribution in [1.29, 1.82) is 0 Å². The second-order valence-electron chi connectivity index (χ2n) is 10.2. The molecule has 0 bridgehead atoms. The highest BCUT2D eigenvalue weighted by Gasteiger charge is 2.58. The van der Waals surface area contributed by atoms with E-state index in [0.29, 0.717) is 32.0 Å². The summed E-state index contributed by atoms with van der Waals surface area (Å²) in [5.74, 6) is -0.857. The Morgan fingerprint density at radius 3 is 2.50 bits per heavy atom. The Balaban J connectivity index is 1.61. The first-order chi connectivity index (χ1) is 15.3. The fourth-order valence-corrected chi connectivity index (χ4v) is 6.59. The molecule has 0 aromatic rings. The van der Waals surface area contributed by atoms with E-state index >= 15 is 0 Å². The molecule has 6 heteroatoms. The molecule has 1 saturated heterocycles. The van der Waals surface area contributed by atoms with E-state index in [1.807, 2.05) is 13.8 Å². The summed E-state index contributed by atoms with van der Waals surface area (Å²) in [5, 5.41) is 11.5. The van der Waals surface area contributed by atoms with E-state index < -0.39 is 17.6 Å². The van der Waals surface area contributed by atoms with Crippen LogP contribution in [0.2, 0.25) is 0 Å². The smallest absolute Gasteiger partial charge is 0.259 e. The van der Waals surface area contributed by atoms with Crippen LogP contribution in [0.4, 0.5) is 0 Å². The Hall–Kier alpha value is -1.95. The summed E-state index contributed by atoms with van der Waals surface area (Å²) in [6.07, 6.45) is 12.4. The number of aliphatic hydroxyl groups is 1. The van der Waals surface area contributed by atoms with Gasteiger partial charge < -0.3 is 14.9 Å². The Morgan fingerprint density at radius 1 is 1.12 bits per heavy atom.